The molecule has 1 rings (SSSR count). The summed E-state index contributed by atoms with van der Waals surface area (Å²) in [5.74, 6) is 0. The third-order valence-electron chi connectivity index (χ3n) is 1.52. The van der Waals surface area contributed by atoms with E-state index in [1.54, 1.807) is 6.07 Å². The molecule has 0 saturated heterocycles. The second kappa shape index (κ2) is 3.83. The number of hydrogen-bond acceptors (Lipinski definition) is 1. The van der Waals surface area contributed by atoms with Crippen LogP contribution in [-0.4, -0.2) is 0 Å². The van der Waals surface area contributed by atoms with Gasteiger partial charge in [0.25, 0.3) is 0 Å². The lowest BCUT2D eigenvalue weighted by Crippen LogP contribution is -2.07. The molecule has 0 fully saturated rings. The summed E-state index contributed by atoms with van der Waals surface area (Å²) in [6.45, 7) is 0.125. The zero-order valence-corrected chi connectivity index (χ0v) is 8.69. The molecule has 0 aliphatic heterocycles. The van der Waals surface area contributed by atoms with Gasteiger partial charge in [-0.15, -0.1) is 0 Å². The van der Waals surface area contributed by atoms with E-state index in [0.717, 1.165) is 12.1 Å². The van der Waals surface area contributed by atoms with Gasteiger partial charge in [0.1, 0.15) is 0 Å². The molecule has 0 saturated carbocycles. The minimum atomic E-state index is -4.29. The van der Waals surface area contributed by atoms with E-state index in [-0.39, 0.29) is 6.54 Å². The number of hydrogen-bond donors (Lipinski definition) is 1. The highest BCUT2D eigenvalue weighted by Crippen LogP contribution is 2.30. The summed E-state index contributed by atoms with van der Waals surface area (Å²) in [7, 11) is 0. The van der Waals surface area contributed by atoms with Gasteiger partial charge in [0.05, 0.1) is 5.56 Å². The molecule has 2 N–H and O–H groups in total. The van der Waals surface area contributed by atoms with Gasteiger partial charge in [-0.05, 0) is 46.4 Å². The molecular formula is C8H7F3IN. The third-order valence-corrected chi connectivity index (χ3v) is 2.14. The molecule has 5 heteroatoms. The topological polar surface area (TPSA) is 26.0 Å². The molecule has 0 unspecified atom stereocenters. The first-order chi connectivity index (χ1) is 5.93. The highest BCUT2D eigenvalue weighted by molar-refractivity contribution is 14.1. The second-order valence-electron chi connectivity index (χ2n) is 2.55. The molecular weight excluding hydrogens is 294 g/mol. The maximum atomic E-state index is 12.2. The maximum Gasteiger partial charge on any atom is 0.416 e. The molecule has 0 aliphatic carbocycles. The first kappa shape index (κ1) is 10.8. The van der Waals surface area contributed by atoms with E-state index in [9.17, 15) is 13.2 Å². The monoisotopic (exact) mass is 301 g/mol. The van der Waals surface area contributed by atoms with Crippen molar-refractivity contribution in [2.45, 2.75) is 12.7 Å². The molecule has 13 heavy (non-hydrogen) atoms. The zero-order valence-electron chi connectivity index (χ0n) is 6.53. The Kier molecular flexibility index (Phi) is 3.18. The minimum Gasteiger partial charge on any atom is -0.326 e. The number of rotatable bonds is 1. The quantitative estimate of drug-likeness (QED) is 0.793. The summed E-state index contributed by atoms with van der Waals surface area (Å²) >= 11 is 1.84. The Hall–Kier alpha value is -0.300. The standard InChI is InChI=1S/C8H7F3IN/c9-8(10,11)6-1-5(4-13)2-7(12)3-6/h1-3H,4,13H2. The fourth-order valence-corrected chi connectivity index (χ4v) is 1.67. The molecule has 72 valence electrons. The van der Waals surface area contributed by atoms with Crippen LogP contribution >= 0.6 is 22.6 Å². The average Bonchev–Trinajstić information content (AvgIpc) is 2.01. The Labute approximate surface area is 87.3 Å². The van der Waals surface area contributed by atoms with Crippen LogP contribution in [0.15, 0.2) is 18.2 Å². The van der Waals surface area contributed by atoms with Gasteiger partial charge in [0, 0.05) is 10.1 Å². The summed E-state index contributed by atoms with van der Waals surface area (Å²) in [6.07, 6.45) is -4.29. The lowest BCUT2D eigenvalue weighted by atomic mass is 10.1. The molecule has 0 radical (unpaired) electrons. The summed E-state index contributed by atoms with van der Waals surface area (Å²) < 4.78 is 37.3. The third kappa shape index (κ3) is 2.84. The Morgan fingerprint density at radius 3 is 2.31 bits per heavy atom. The van der Waals surface area contributed by atoms with Crippen LogP contribution in [0.4, 0.5) is 13.2 Å². The SMILES string of the molecule is NCc1cc(I)cc(C(F)(F)F)c1. The van der Waals surface area contributed by atoms with E-state index in [0.29, 0.717) is 9.13 Å². The van der Waals surface area contributed by atoms with E-state index in [1.165, 1.54) is 0 Å². The second-order valence-corrected chi connectivity index (χ2v) is 3.80. The largest absolute Gasteiger partial charge is 0.416 e. The summed E-state index contributed by atoms with van der Waals surface area (Å²) in [4.78, 5) is 0. The smallest absolute Gasteiger partial charge is 0.326 e. The molecule has 1 aromatic rings. The molecule has 0 heterocycles. The number of benzene rings is 1. The van der Waals surface area contributed by atoms with Gasteiger partial charge in [0.2, 0.25) is 0 Å². The van der Waals surface area contributed by atoms with E-state index >= 15 is 0 Å². The van der Waals surface area contributed by atoms with Gasteiger partial charge in [-0.1, -0.05) is 0 Å². The van der Waals surface area contributed by atoms with E-state index in [1.807, 2.05) is 22.6 Å². The highest BCUT2D eigenvalue weighted by Gasteiger charge is 2.30. The van der Waals surface area contributed by atoms with Crippen LogP contribution in [0.2, 0.25) is 0 Å². The van der Waals surface area contributed by atoms with Crippen molar-refractivity contribution in [3.05, 3.63) is 32.9 Å². The molecule has 0 atom stereocenters. The van der Waals surface area contributed by atoms with Crippen molar-refractivity contribution in [3.8, 4) is 0 Å². The fourth-order valence-electron chi connectivity index (χ4n) is 0.932. The van der Waals surface area contributed by atoms with Crippen molar-refractivity contribution in [3.63, 3.8) is 0 Å². The Balaban J connectivity index is 3.16. The normalized spacial score (nSPS) is 11.8. The summed E-state index contributed by atoms with van der Waals surface area (Å²) in [5, 5.41) is 0. The van der Waals surface area contributed by atoms with Crippen molar-refractivity contribution in [1.29, 1.82) is 0 Å². The molecule has 0 aromatic heterocycles. The van der Waals surface area contributed by atoms with Crippen LogP contribution in [-0.2, 0) is 12.7 Å². The Morgan fingerprint density at radius 2 is 1.85 bits per heavy atom. The van der Waals surface area contributed by atoms with Gasteiger partial charge >= 0.3 is 6.18 Å². The summed E-state index contributed by atoms with van der Waals surface area (Å²) in [6, 6.07) is 3.80. The predicted octanol–water partition coefficient (Wildman–Crippen LogP) is 2.77. The Morgan fingerprint density at radius 1 is 1.23 bits per heavy atom. The first-order valence-corrected chi connectivity index (χ1v) is 4.58. The fraction of sp³-hybridized carbons (Fsp3) is 0.250. The van der Waals surface area contributed by atoms with Crippen molar-refractivity contribution in [2.75, 3.05) is 0 Å². The van der Waals surface area contributed by atoms with Crippen LogP contribution in [0, 0.1) is 3.57 Å². The molecule has 0 bridgehead atoms. The molecule has 1 nitrogen and oxygen atoms in total. The van der Waals surface area contributed by atoms with E-state index in [4.69, 9.17) is 5.73 Å². The highest BCUT2D eigenvalue weighted by atomic mass is 127. The van der Waals surface area contributed by atoms with Gasteiger partial charge in [-0.2, -0.15) is 13.2 Å². The zero-order chi connectivity index (χ0) is 10.1. The number of alkyl halides is 3. The van der Waals surface area contributed by atoms with Crippen LogP contribution in [0.5, 0.6) is 0 Å². The predicted molar refractivity (Wildman–Crippen MR) is 52.1 cm³/mol. The van der Waals surface area contributed by atoms with Crippen LogP contribution in [0.3, 0.4) is 0 Å². The van der Waals surface area contributed by atoms with E-state index < -0.39 is 11.7 Å². The minimum absolute atomic E-state index is 0.125. The number of nitrogens with two attached hydrogens (primary N) is 1. The lowest BCUT2D eigenvalue weighted by Gasteiger charge is -2.08. The van der Waals surface area contributed by atoms with Crippen molar-refractivity contribution < 1.29 is 13.2 Å². The number of halogens is 4. The summed E-state index contributed by atoms with van der Waals surface area (Å²) in [5.41, 5.74) is 5.12. The van der Waals surface area contributed by atoms with Gasteiger partial charge in [-0.25, -0.2) is 0 Å². The maximum absolute atomic E-state index is 12.2. The molecule has 1 aromatic carbocycles. The van der Waals surface area contributed by atoms with Gasteiger partial charge < -0.3 is 5.73 Å². The molecule has 0 amide bonds. The van der Waals surface area contributed by atoms with Gasteiger partial charge in [0.15, 0.2) is 0 Å². The van der Waals surface area contributed by atoms with Gasteiger partial charge in [-0.3, -0.25) is 0 Å². The van der Waals surface area contributed by atoms with Crippen molar-refractivity contribution >= 4 is 22.6 Å². The van der Waals surface area contributed by atoms with Crippen molar-refractivity contribution in [2.24, 2.45) is 5.73 Å². The Bertz CT molecular complexity index is 309. The van der Waals surface area contributed by atoms with Crippen LogP contribution in [0.1, 0.15) is 11.1 Å². The van der Waals surface area contributed by atoms with E-state index in [2.05, 4.69) is 0 Å². The lowest BCUT2D eigenvalue weighted by molar-refractivity contribution is -0.137. The molecule has 0 spiro atoms. The molecule has 0 aliphatic rings. The van der Waals surface area contributed by atoms with Crippen LogP contribution in [0.25, 0.3) is 0 Å². The first-order valence-electron chi connectivity index (χ1n) is 3.50. The van der Waals surface area contributed by atoms with Crippen molar-refractivity contribution in [1.82, 2.24) is 0 Å². The average molecular weight is 301 g/mol. The van der Waals surface area contributed by atoms with Crippen LogP contribution < -0.4 is 5.73 Å².